The molecule has 0 saturated carbocycles. The minimum atomic E-state index is -3.27. The van der Waals surface area contributed by atoms with Gasteiger partial charge in [-0.2, -0.15) is 0 Å². The van der Waals surface area contributed by atoms with E-state index < -0.39 is 15.1 Å². The van der Waals surface area contributed by atoms with Crippen molar-refractivity contribution in [3.8, 4) is 0 Å². The average Bonchev–Trinajstić information content (AvgIpc) is 2.50. The van der Waals surface area contributed by atoms with Gasteiger partial charge in [-0.05, 0) is 50.6 Å². The molecule has 1 heterocycles. The van der Waals surface area contributed by atoms with Gasteiger partial charge in [0, 0.05) is 6.04 Å². The topological polar surface area (TPSA) is 46.2 Å². The summed E-state index contributed by atoms with van der Waals surface area (Å²) in [5, 5.41) is 2.60. The lowest BCUT2D eigenvalue weighted by molar-refractivity contribution is 0.525. The molecular weight excluding hydrogens is 241 g/mol. The summed E-state index contributed by atoms with van der Waals surface area (Å²) in [6.07, 6.45) is 0.969. The first-order chi connectivity index (χ1) is 7.95. The van der Waals surface area contributed by atoms with Crippen LogP contribution in [0.5, 0.6) is 0 Å². The van der Waals surface area contributed by atoms with E-state index >= 15 is 0 Å². The quantitative estimate of drug-likeness (QED) is 0.835. The molecule has 0 bridgehead atoms. The van der Waals surface area contributed by atoms with Crippen LogP contribution >= 0.6 is 0 Å². The van der Waals surface area contributed by atoms with Crippen LogP contribution in [0.4, 0.5) is 4.39 Å². The van der Waals surface area contributed by atoms with Crippen LogP contribution in [-0.4, -0.2) is 26.8 Å². The SMILES string of the molecule is CNC(C)CC1Cc2cc(F)ccc2S1(=O)=O. The van der Waals surface area contributed by atoms with E-state index in [2.05, 4.69) is 5.32 Å². The fraction of sp³-hybridized carbons (Fsp3) is 0.500. The zero-order valence-corrected chi connectivity index (χ0v) is 10.7. The van der Waals surface area contributed by atoms with E-state index in [9.17, 15) is 12.8 Å². The van der Waals surface area contributed by atoms with Gasteiger partial charge in [-0.15, -0.1) is 0 Å². The van der Waals surface area contributed by atoms with Crippen LogP contribution in [0.1, 0.15) is 18.9 Å². The van der Waals surface area contributed by atoms with Gasteiger partial charge in [-0.25, -0.2) is 12.8 Å². The number of hydrogen-bond acceptors (Lipinski definition) is 3. The Bertz CT molecular complexity index is 527. The molecule has 0 aliphatic carbocycles. The zero-order chi connectivity index (χ0) is 12.6. The van der Waals surface area contributed by atoms with Gasteiger partial charge in [-0.1, -0.05) is 0 Å². The Hall–Kier alpha value is -0.940. The standard InChI is InChI=1S/C12H16FNO2S/c1-8(14-2)5-11-7-9-6-10(13)3-4-12(9)17(11,15)16/h3-4,6,8,11,14H,5,7H2,1-2H3. The van der Waals surface area contributed by atoms with E-state index in [1.165, 1.54) is 18.2 Å². The largest absolute Gasteiger partial charge is 0.317 e. The molecule has 5 heteroatoms. The van der Waals surface area contributed by atoms with E-state index in [-0.39, 0.29) is 11.9 Å². The molecule has 2 atom stereocenters. The van der Waals surface area contributed by atoms with E-state index in [0.29, 0.717) is 23.3 Å². The Morgan fingerprint density at radius 2 is 2.24 bits per heavy atom. The third kappa shape index (κ3) is 2.21. The molecule has 17 heavy (non-hydrogen) atoms. The number of sulfone groups is 1. The zero-order valence-electron chi connectivity index (χ0n) is 9.90. The number of fused-ring (bicyclic) bond motifs is 1. The van der Waals surface area contributed by atoms with Crippen LogP contribution in [0.3, 0.4) is 0 Å². The average molecular weight is 257 g/mol. The Balaban J connectivity index is 2.33. The van der Waals surface area contributed by atoms with Crippen LogP contribution < -0.4 is 5.32 Å². The smallest absolute Gasteiger partial charge is 0.181 e. The Morgan fingerprint density at radius 3 is 2.88 bits per heavy atom. The maximum atomic E-state index is 13.1. The Morgan fingerprint density at radius 1 is 1.53 bits per heavy atom. The lowest BCUT2D eigenvalue weighted by atomic mass is 10.1. The molecule has 0 fully saturated rings. The third-order valence-electron chi connectivity index (χ3n) is 3.32. The predicted molar refractivity (Wildman–Crippen MR) is 64.2 cm³/mol. The predicted octanol–water partition coefficient (Wildman–Crippen LogP) is 1.52. The highest BCUT2D eigenvalue weighted by Crippen LogP contribution is 2.33. The lowest BCUT2D eigenvalue weighted by Crippen LogP contribution is -2.29. The van der Waals surface area contributed by atoms with E-state index in [1.54, 1.807) is 7.05 Å². The van der Waals surface area contributed by atoms with Gasteiger partial charge in [0.2, 0.25) is 0 Å². The monoisotopic (exact) mass is 257 g/mol. The van der Waals surface area contributed by atoms with Crippen LogP contribution in [0, 0.1) is 5.82 Å². The molecule has 3 nitrogen and oxygen atoms in total. The van der Waals surface area contributed by atoms with Gasteiger partial charge < -0.3 is 5.32 Å². The molecule has 2 rings (SSSR count). The summed E-state index contributed by atoms with van der Waals surface area (Å²) in [7, 11) is -1.47. The van der Waals surface area contributed by atoms with Gasteiger partial charge >= 0.3 is 0 Å². The molecule has 1 aromatic carbocycles. The Labute approximate surface area is 101 Å². The van der Waals surface area contributed by atoms with Crippen molar-refractivity contribution in [2.24, 2.45) is 0 Å². The first kappa shape index (κ1) is 12.5. The number of hydrogen-bond donors (Lipinski definition) is 1. The summed E-state index contributed by atoms with van der Waals surface area (Å²) in [4.78, 5) is 0.298. The van der Waals surface area contributed by atoms with Crippen LogP contribution in [0.15, 0.2) is 23.1 Å². The van der Waals surface area contributed by atoms with Gasteiger partial charge in [0.1, 0.15) is 5.82 Å². The van der Waals surface area contributed by atoms with Crippen LogP contribution in [-0.2, 0) is 16.3 Å². The lowest BCUT2D eigenvalue weighted by Gasteiger charge is -2.15. The molecule has 1 aliphatic heterocycles. The minimum absolute atomic E-state index is 0.133. The summed E-state index contributed by atoms with van der Waals surface area (Å²) in [5.41, 5.74) is 0.610. The second-order valence-electron chi connectivity index (χ2n) is 4.55. The molecule has 1 aromatic rings. The summed E-state index contributed by atoms with van der Waals surface area (Å²) >= 11 is 0. The highest BCUT2D eigenvalue weighted by Gasteiger charge is 2.37. The molecule has 0 amide bonds. The van der Waals surface area contributed by atoms with Crippen molar-refractivity contribution in [3.05, 3.63) is 29.6 Å². The van der Waals surface area contributed by atoms with E-state index in [0.717, 1.165) is 0 Å². The second kappa shape index (κ2) is 4.38. The van der Waals surface area contributed by atoms with Crippen LogP contribution in [0.25, 0.3) is 0 Å². The first-order valence-electron chi connectivity index (χ1n) is 5.64. The molecule has 0 radical (unpaired) electrons. The summed E-state index contributed by atoms with van der Waals surface area (Å²) in [6, 6.07) is 4.05. The van der Waals surface area contributed by atoms with Crippen molar-refractivity contribution in [2.45, 2.75) is 36.0 Å². The number of rotatable bonds is 3. The van der Waals surface area contributed by atoms with Crippen molar-refractivity contribution < 1.29 is 12.8 Å². The van der Waals surface area contributed by atoms with E-state index in [1.807, 2.05) is 6.92 Å². The number of nitrogens with one attached hydrogen (secondary N) is 1. The first-order valence-corrected chi connectivity index (χ1v) is 7.19. The molecule has 0 saturated heterocycles. The Kier molecular flexibility index (Phi) is 3.23. The second-order valence-corrected chi connectivity index (χ2v) is 6.75. The molecule has 0 spiro atoms. The molecule has 1 N–H and O–H groups in total. The fourth-order valence-corrected chi connectivity index (χ4v) is 4.31. The van der Waals surface area contributed by atoms with Gasteiger partial charge in [0.25, 0.3) is 0 Å². The maximum absolute atomic E-state index is 13.1. The highest BCUT2D eigenvalue weighted by molar-refractivity contribution is 7.92. The fourth-order valence-electron chi connectivity index (χ4n) is 2.24. The van der Waals surface area contributed by atoms with Crippen molar-refractivity contribution in [1.29, 1.82) is 0 Å². The molecule has 94 valence electrons. The van der Waals surface area contributed by atoms with Gasteiger partial charge in [0.15, 0.2) is 9.84 Å². The summed E-state index contributed by atoms with van der Waals surface area (Å²) in [6.45, 7) is 1.94. The van der Waals surface area contributed by atoms with Gasteiger partial charge in [-0.3, -0.25) is 0 Å². The normalized spacial score (nSPS) is 23.4. The molecule has 2 unspecified atom stereocenters. The van der Waals surface area contributed by atoms with Crippen molar-refractivity contribution in [3.63, 3.8) is 0 Å². The van der Waals surface area contributed by atoms with Crippen molar-refractivity contribution in [1.82, 2.24) is 5.32 Å². The summed E-state index contributed by atoms with van der Waals surface area (Å²) in [5.74, 6) is -0.374. The molecule has 0 aromatic heterocycles. The maximum Gasteiger partial charge on any atom is 0.181 e. The minimum Gasteiger partial charge on any atom is -0.317 e. The molecular formula is C12H16FNO2S. The van der Waals surface area contributed by atoms with Crippen LogP contribution in [0.2, 0.25) is 0 Å². The van der Waals surface area contributed by atoms with Gasteiger partial charge in [0.05, 0.1) is 10.1 Å². The third-order valence-corrected chi connectivity index (χ3v) is 5.57. The summed E-state index contributed by atoms with van der Waals surface area (Å²) < 4.78 is 37.5. The van der Waals surface area contributed by atoms with E-state index in [4.69, 9.17) is 0 Å². The van der Waals surface area contributed by atoms with Crippen molar-refractivity contribution in [2.75, 3.05) is 7.05 Å². The highest BCUT2D eigenvalue weighted by atomic mass is 32.2. The van der Waals surface area contributed by atoms with Crippen molar-refractivity contribution >= 4 is 9.84 Å². The number of halogens is 1. The number of benzene rings is 1. The molecule has 1 aliphatic rings.